The van der Waals surface area contributed by atoms with Gasteiger partial charge in [-0.05, 0) is 12.1 Å². The minimum atomic E-state index is -2.48. The molecule has 0 spiro atoms. The van der Waals surface area contributed by atoms with Crippen LogP contribution in [0.5, 0.6) is 5.75 Å². The number of hydrogen-bond acceptors (Lipinski definition) is 5. The van der Waals surface area contributed by atoms with Gasteiger partial charge in [0.25, 0.3) is 0 Å². The van der Waals surface area contributed by atoms with Gasteiger partial charge in [0.2, 0.25) is 0 Å². The first-order valence-electron chi connectivity index (χ1n) is 8.66. The van der Waals surface area contributed by atoms with Gasteiger partial charge in [0.05, 0.1) is 16.8 Å². The van der Waals surface area contributed by atoms with Crippen molar-refractivity contribution in [2.75, 3.05) is 0 Å². The molecule has 2 N–H and O–H groups in total. The monoisotopic (exact) mass is 415 g/mol. The number of phenolic OH excluding ortho intramolecular Hbond substituents is 1. The number of Topliss-reactive ketones (excluding diaryl/α,β-unsaturated/α-hetero) is 2. The highest BCUT2D eigenvalue weighted by molar-refractivity contribution is 6.28. The molecule has 5 nitrogen and oxygen atoms in total. The van der Waals surface area contributed by atoms with Gasteiger partial charge in [-0.15, -0.1) is 0 Å². The number of benzene rings is 2. The van der Waals surface area contributed by atoms with Crippen molar-refractivity contribution < 1.29 is 37.4 Å². The molecule has 150 valence electrons. The summed E-state index contributed by atoms with van der Waals surface area (Å²) in [6, 6.07) is 6.67. The van der Waals surface area contributed by atoms with Crippen LogP contribution < -0.4 is 0 Å². The Morgan fingerprint density at radius 1 is 0.800 bits per heavy atom. The molecule has 1 unspecified atom stereocenters. The molecule has 0 saturated carbocycles. The van der Waals surface area contributed by atoms with E-state index in [1.807, 2.05) is 0 Å². The molecule has 9 heteroatoms. The van der Waals surface area contributed by atoms with Gasteiger partial charge in [-0.25, -0.2) is 17.6 Å². The van der Waals surface area contributed by atoms with E-state index in [0.717, 1.165) is 0 Å². The van der Waals surface area contributed by atoms with Crippen molar-refractivity contribution in [2.24, 2.45) is 5.92 Å². The molecular weight excluding hydrogens is 406 g/mol. The quantitative estimate of drug-likeness (QED) is 0.276. The fraction of sp³-hybridized carbons (Fsp3) is 0.0952. The SMILES string of the molecule is O=C1c2c(F)c(F)c(F)c(F)c2C(=O)C1C1(O)c2cccnc2-c2c(O)cccc21. The van der Waals surface area contributed by atoms with E-state index in [-0.39, 0.29) is 28.1 Å². The summed E-state index contributed by atoms with van der Waals surface area (Å²) >= 11 is 0. The third-order valence-corrected chi connectivity index (χ3v) is 5.61. The Morgan fingerprint density at radius 2 is 1.37 bits per heavy atom. The molecule has 2 aliphatic carbocycles. The van der Waals surface area contributed by atoms with Crippen LogP contribution in [0.1, 0.15) is 31.8 Å². The molecule has 2 aliphatic rings. The van der Waals surface area contributed by atoms with Crippen LogP contribution in [0.3, 0.4) is 0 Å². The largest absolute Gasteiger partial charge is 0.507 e. The highest BCUT2D eigenvalue weighted by Crippen LogP contribution is 2.55. The lowest BCUT2D eigenvalue weighted by Gasteiger charge is -2.29. The first-order chi connectivity index (χ1) is 14.2. The number of aliphatic hydroxyl groups is 1. The van der Waals surface area contributed by atoms with Crippen molar-refractivity contribution in [2.45, 2.75) is 5.60 Å². The number of carbonyl (C=O) groups is 2. The zero-order valence-electron chi connectivity index (χ0n) is 14.7. The van der Waals surface area contributed by atoms with Gasteiger partial charge in [-0.1, -0.05) is 18.2 Å². The number of nitrogens with zero attached hydrogens (tertiary/aromatic N) is 1. The Bertz CT molecular complexity index is 1280. The molecule has 0 aliphatic heterocycles. The molecule has 5 rings (SSSR count). The number of phenols is 1. The van der Waals surface area contributed by atoms with E-state index in [0.29, 0.717) is 0 Å². The van der Waals surface area contributed by atoms with Crippen molar-refractivity contribution >= 4 is 11.6 Å². The predicted molar refractivity (Wildman–Crippen MR) is 92.8 cm³/mol. The average Bonchev–Trinajstić information content (AvgIpc) is 3.15. The third kappa shape index (κ3) is 1.92. The van der Waals surface area contributed by atoms with E-state index in [1.165, 1.54) is 36.5 Å². The number of pyridine rings is 1. The topological polar surface area (TPSA) is 87.5 Å². The highest BCUT2D eigenvalue weighted by Gasteiger charge is 2.60. The summed E-state index contributed by atoms with van der Waals surface area (Å²) in [6.45, 7) is 0. The number of aromatic hydroxyl groups is 1. The molecule has 2 aromatic carbocycles. The van der Waals surface area contributed by atoms with Gasteiger partial charge < -0.3 is 10.2 Å². The molecule has 30 heavy (non-hydrogen) atoms. The number of halogens is 4. The summed E-state index contributed by atoms with van der Waals surface area (Å²) in [4.78, 5) is 30.0. The van der Waals surface area contributed by atoms with Gasteiger partial charge in [0.15, 0.2) is 34.8 Å². The molecule has 1 atom stereocenters. The lowest BCUT2D eigenvalue weighted by atomic mass is 9.77. The van der Waals surface area contributed by atoms with Crippen molar-refractivity contribution in [1.82, 2.24) is 4.98 Å². The maximum Gasteiger partial charge on any atom is 0.198 e. The van der Waals surface area contributed by atoms with Crippen LogP contribution in [0.2, 0.25) is 0 Å². The molecule has 0 saturated heterocycles. The standard InChI is InChI=1S/C21H9F4NO4/c22-14-11-12(15(23)17(25)16(14)24)20(29)13(19(11)28)21(30)7-3-1-5-9(27)10(7)18-8(21)4-2-6-26-18/h1-6,13,27,30H. The van der Waals surface area contributed by atoms with E-state index >= 15 is 0 Å². The van der Waals surface area contributed by atoms with Crippen molar-refractivity contribution in [1.29, 1.82) is 0 Å². The number of ketones is 2. The van der Waals surface area contributed by atoms with Gasteiger partial charge in [-0.2, -0.15) is 0 Å². The van der Waals surface area contributed by atoms with Crippen molar-refractivity contribution in [3.05, 3.63) is 82.1 Å². The summed E-state index contributed by atoms with van der Waals surface area (Å²) in [6.07, 6.45) is 1.35. The van der Waals surface area contributed by atoms with E-state index in [2.05, 4.69) is 4.98 Å². The lowest BCUT2D eigenvalue weighted by molar-refractivity contribution is 0.0249. The Kier molecular flexibility index (Phi) is 3.52. The first-order valence-corrected chi connectivity index (χ1v) is 8.66. The molecule has 1 aromatic heterocycles. The molecule has 0 amide bonds. The number of fused-ring (bicyclic) bond motifs is 4. The van der Waals surface area contributed by atoms with E-state index in [9.17, 15) is 37.4 Å². The zero-order chi connectivity index (χ0) is 21.5. The second-order valence-corrected chi connectivity index (χ2v) is 7.03. The molecule has 0 radical (unpaired) electrons. The van der Waals surface area contributed by atoms with E-state index in [4.69, 9.17) is 0 Å². The van der Waals surface area contributed by atoms with Crippen molar-refractivity contribution in [3.63, 3.8) is 0 Å². The molecule has 1 heterocycles. The molecule has 3 aromatic rings. The number of rotatable bonds is 1. The van der Waals surface area contributed by atoms with Crippen LogP contribution in [-0.2, 0) is 5.60 Å². The van der Waals surface area contributed by atoms with Crippen molar-refractivity contribution in [3.8, 4) is 17.0 Å². The third-order valence-electron chi connectivity index (χ3n) is 5.61. The van der Waals surface area contributed by atoms with Crippen LogP contribution in [0.25, 0.3) is 11.3 Å². The second-order valence-electron chi connectivity index (χ2n) is 7.03. The van der Waals surface area contributed by atoms with E-state index in [1.54, 1.807) is 0 Å². The number of hydrogen-bond donors (Lipinski definition) is 2. The molecular formula is C21H9F4NO4. The number of aromatic nitrogens is 1. The maximum atomic E-state index is 14.3. The Morgan fingerprint density at radius 3 is 1.97 bits per heavy atom. The Labute approximate surface area is 165 Å². The van der Waals surface area contributed by atoms with Crippen LogP contribution in [0.15, 0.2) is 36.5 Å². The Balaban J connectivity index is 1.83. The van der Waals surface area contributed by atoms with Crippen LogP contribution >= 0.6 is 0 Å². The summed E-state index contributed by atoms with van der Waals surface area (Å²) < 4.78 is 56.1. The average molecular weight is 415 g/mol. The predicted octanol–water partition coefficient (Wildman–Crippen LogP) is 3.26. The summed E-state index contributed by atoms with van der Waals surface area (Å²) in [5.74, 6) is -13.7. The van der Waals surface area contributed by atoms with Crippen LogP contribution in [0.4, 0.5) is 17.6 Å². The van der Waals surface area contributed by atoms with Gasteiger partial charge in [0.1, 0.15) is 17.3 Å². The summed E-state index contributed by atoms with van der Waals surface area (Å²) in [5.41, 5.74) is -5.06. The molecule has 0 fully saturated rings. The summed E-state index contributed by atoms with van der Waals surface area (Å²) in [7, 11) is 0. The maximum absolute atomic E-state index is 14.3. The minimum Gasteiger partial charge on any atom is -0.507 e. The van der Waals surface area contributed by atoms with E-state index < -0.39 is 57.5 Å². The summed E-state index contributed by atoms with van der Waals surface area (Å²) in [5, 5.41) is 21.9. The smallest absolute Gasteiger partial charge is 0.198 e. The second kappa shape index (κ2) is 5.73. The number of carbonyl (C=O) groups excluding carboxylic acids is 2. The van der Waals surface area contributed by atoms with Gasteiger partial charge in [0, 0.05) is 22.9 Å². The fourth-order valence-corrected chi connectivity index (χ4v) is 4.36. The highest BCUT2D eigenvalue weighted by atomic mass is 19.2. The zero-order valence-corrected chi connectivity index (χ0v) is 14.7. The normalized spacial score (nSPS) is 19.8. The fourth-order valence-electron chi connectivity index (χ4n) is 4.36. The minimum absolute atomic E-state index is 0.0328. The lowest BCUT2D eigenvalue weighted by Crippen LogP contribution is -2.41. The Hall–Kier alpha value is -3.59. The van der Waals surface area contributed by atoms with Gasteiger partial charge >= 0.3 is 0 Å². The molecule has 0 bridgehead atoms. The van der Waals surface area contributed by atoms with Gasteiger partial charge in [-0.3, -0.25) is 14.6 Å². The van der Waals surface area contributed by atoms with Crippen LogP contribution in [0, 0.1) is 29.2 Å². The van der Waals surface area contributed by atoms with Crippen LogP contribution in [-0.4, -0.2) is 26.8 Å². The first kappa shape index (κ1) is 18.4.